The zero-order chi connectivity index (χ0) is 29.5. The number of hydrogen-bond acceptors (Lipinski definition) is 2. The molecule has 0 saturated heterocycles. The predicted molar refractivity (Wildman–Crippen MR) is 168 cm³/mol. The molecule has 4 aromatic rings. The number of aromatic amines is 1. The van der Waals surface area contributed by atoms with Crippen molar-refractivity contribution in [2.24, 2.45) is 0 Å². The third-order valence-corrected chi connectivity index (χ3v) is 10.5. The maximum absolute atomic E-state index is 13.8. The van der Waals surface area contributed by atoms with E-state index in [1.165, 1.54) is 47.6 Å². The van der Waals surface area contributed by atoms with Crippen molar-refractivity contribution < 1.29 is 14.7 Å². The van der Waals surface area contributed by atoms with Crippen LogP contribution in [0.2, 0.25) is 0 Å². The van der Waals surface area contributed by atoms with E-state index in [0.29, 0.717) is 6.42 Å². The fraction of sp³-hybridized carbons (Fsp3) is 0.405. The van der Waals surface area contributed by atoms with Gasteiger partial charge in [0.2, 0.25) is 5.91 Å². The van der Waals surface area contributed by atoms with Gasteiger partial charge in [0.25, 0.3) is 0 Å². The van der Waals surface area contributed by atoms with Gasteiger partial charge in [-0.3, -0.25) is 4.79 Å². The molecule has 0 aliphatic heterocycles. The standard InChI is InChI=1S/C37H42N2O3/c1-25(40)39(24-29-17-11-15-27-13-5-7-19-31(27)29)37(3,35(41)42)36(2,33-23-38-34-21-9-8-20-32(33)34)22-28-16-10-14-26-12-4-6-18-30(26)28/h8-11,14-17,20-21,23,38H,4-7,12-13,18-19,22,24H2,1-3H3,(H,41,42)/t36?,37-/m0/s1. The number of carbonyl (C=O) groups is 2. The fourth-order valence-corrected chi connectivity index (χ4v) is 7.88. The van der Waals surface area contributed by atoms with E-state index in [0.717, 1.165) is 60.6 Å². The van der Waals surface area contributed by atoms with Gasteiger partial charge in [0.05, 0.1) is 0 Å². The Morgan fingerprint density at radius 2 is 1.40 bits per heavy atom. The lowest BCUT2D eigenvalue weighted by atomic mass is 9.62. The third kappa shape index (κ3) is 4.63. The topological polar surface area (TPSA) is 73.4 Å². The lowest BCUT2D eigenvalue weighted by molar-refractivity contribution is -0.164. The van der Waals surface area contributed by atoms with Gasteiger partial charge in [-0.25, -0.2) is 4.79 Å². The number of nitrogens with zero attached hydrogens (tertiary/aromatic N) is 1. The number of rotatable bonds is 8. The van der Waals surface area contributed by atoms with Crippen molar-refractivity contribution in [3.05, 3.63) is 106 Å². The summed E-state index contributed by atoms with van der Waals surface area (Å²) in [4.78, 5) is 32.6. The summed E-state index contributed by atoms with van der Waals surface area (Å²) in [6, 6.07) is 20.9. The van der Waals surface area contributed by atoms with E-state index < -0.39 is 16.9 Å². The number of nitrogens with one attached hydrogen (secondary N) is 1. The Morgan fingerprint density at radius 3 is 2.05 bits per heavy atom. The van der Waals surface area contributed by atoms with Gasteiger partial charge in [-0.15, -0.1) is 0 Å². The zero-order valence-corrected chi connectivity index (χ0v) is 25.1. The molecule has 1 amide bonds. The molecule has 218 valence electrons. The molecule has 0 bridgehead atoms. The molecular formula is C37H42N2O3. The monoisotopic (exact) mass is 562 g/mol. The van der Waals surface area contributed by atoms with Crippen LogP contribution in [-0.4, -0.2) is 32.4 Å². The molecule has 2 N–H and O–H groups in total. The first kappa shape index (κ1) is 28.3. The number of aromatic nitrogens is 1. The lowest BCUT2D eigenvalue weighted by Gasteiger charge is -2.50. The molecule has 42 heavy (non-hydrogen) atoms. The fourth-order valence-electron chi connectivity index (χ4n) is 7.88. The molecular weight excluding hydrogens is 520 g/mol. The Morgan fingerprint density at radius 1 is 0.810 bits per heavy atom. The highest BCUT2D eigenvalue weighted by atomic mass is 16.4. The van der Waals surface area contributed by atoms with Crippen LogP contribution in [0.4, 0.5) is 0 Å². The van der Waals surface area contributed by atoms with Gasteiger partial charge in [-0.2, -0.15) is 0 Å². The van der Waals surface area contributed by atoms with E-state index in [1.807, 2.05) is 24.4 Å². The summed E-state index contributed by atoms with van der Waals surface area (Å²) in [5, 5.41) is 12.3. The molecule has 2 aliphatic rings. The van der Waals surface area contributed by atoms with Crippen LogP contribution >= 0.6 is 0 Å². The van der Waals surface area contributed by atoms with E-state index in [-0.39, 0.29) is 12.5 Å². The Kier molecular flexibility index (Phi) is 7.46. The van der Waals surface area contributed by atoms with Gasteiger partial charge < -0.3 is 15.0 Å². The van der Waals surface area contributed by atoms with Crippen molar-refractivity contribution in [1.29, 1.82) is 0 Å². The van der Waals surface area contributed by atoms with Gasteiger partial charge in [0.1, 0.15) is 5.54 Å². The first-order valence-corrected chi connectivity index (χ1v) is 15.5. The Bertz CT molecular complexity index is 1650. The first-order valence-electron chi connectivity index (χ1n) is 15.5. The maximum Gasteiger partial charge on any atom is 0.330 e. The molecule has 1 aromatic heterocycles. The van der Waals surface area contributed by atoms with E-state index >= 15 is 0 Å². The molecule has 0 saturated carbocycles. The number of fused-ring (bicyclic) bond motifs is 3. The van der Waals surface area contributed by atoms with Gasteiger partial charge in [0, 0.05) is 36.0 Å². The number of amides is 1. The Balaban J connectivity index is 1.55. The number of aliphatic carboxylic acids is 1. The normalized spacial score (nSPS) is 17.5. The van der Waals surface area contributed by atoms with E-state index in [2.05, 4.69) is 54.4 Å². The number of benzene rings is 3. The molecule has 1 unspecified atom stereocenters. The van der Waals surface area contributed by atoms with Crippen molar-refractivity contribution in [2.75, 3.05) is 0 Å². The average molecular weight is 563 g/mol. The number of carboxylic acid groups (broad SMARTS) is 1. The van der Waals surface area contributed by atoms with Crippen LogP contribution < -0.4 is 0 Å². The van der Waals surface area contributed by atoms with Crippen LogP contribution in [0.25, 0.3) is 10.9 Å². The van der Waals surface area contributed by atoms with Gasteiger partial charge in [-0.05, 0) is 110 Å². The zero-order valence-electron chi connectivity index (χ0n) is 25.1. The van der Waals surface area contributed by atoms with Gasteiger partial charge in [0.15, 0.2) is 0 Å². The number of aryl methyl sites for hydroxylation is 2. The van der Waals surface area contributed by atoms with Crippen LogP contribution in [0, 0.1) is 0 Å². The molecule has 0 fully saturated rings. The van der Waals surface area contributed by atoms with Gasteiger partial charge in [-0.1, -0.05) is 61.5 Å². The maximum atomic E-state index is 13.8. The minimum atomic E-state index is -1.54. The SMILES string of the molecule is CC(=O)N(Cc1cccc2c1CCCC2)[C@@](C)(C(=O)O)C(C)(Cc1cccc2c1CCCC2)c1c[nH]c2ccccc12. The number of hydrogen-bond donors (Lipinski definition) is 2. The summed E-state index contributed by atoms with van der Waals surface area (Å²) in [5.41, 5.74) is 6.99. The summed E-state index contributed by atoms with van der Waals surface area (Å²) < 4.78 is 0. The second-order valence-corrected chi connectivity index (χ2v) is 12.8. The highest BCUT2D eigenvalue weighted by molar-refractivity contribution is 5.91. The summed E-state index contributed by atoms with van der Waals surface area (Å²) >= 11 is 0. The number of H-pyrrole nitrogens is 1. The predicted octanol–water partition coefficient (Wildman–Crippen LogP) is 7.32. The molecule has 6 rings (SSSR count). The Labute approximate surface area is 249 Å². The van der Waals surface area contributed by atoms with Crippen LogP contribution in [0.15, 0.2) is 66.9 Å². The third-order valence-electron chi connectivity index (χ3n) is 10.5. The summed E-state index contributed by atoms with van der Waals surface area (Å²) in [6.07, 6.45) is 11.2. The molecule has 2 atom stereocenters. The van der Waals surface area contributed by atoms with Crippen LogP contribution in [0.1, 0.15) is 85.4 Å². The number of carbonyl (C=O) groups excluding carboxylic acids is 1. The summed E-state index contributed by atoms with van der Waals surface area (Å²) in [5.74, 6) is -1.21. The van der Waals surface area contributed by atoms with Crippen LogP contribution in [0.5, 0.6) is 0 Å². The van der Waals surface area contributed by atoms with E-state index in [1.54, 1.807) is 11.8 Å². The quantitative estimate of drug-likeness (QED) is 0.236. The molecule has 2 aliphatic carbocycles. The molecule has 5 nitrogen and oxygen atoms in total. The van der Waals surface area contributed by atoms with Crippen molar-refractivity contribution in [1.82, 2.24) is 9.88 Å². The molecule has 5 heteroatoms. The highest BCUT2D eigenvalue weighted by Gasteiger charge is 2.57. The minimum Gasteiger partial charge on any atom is -0.479 e. The molecule has 1 heterocycles. The van der Waals surface area contributed by atoms with Crippen molar-refractivity contribution in [2.45, 2.75) is 96.1 Å². The molecule has 0 radical (unpaired) electrons. The van der Waals surface area contributed by atoms with Gasteiger partial charge >= 0.3 is 5.97 Å². The van der Waals surface area contributed by atoms with Crippen LogP contribution in [0.3, 0.4) is 0 Å². The van der Waals surface area contributed by atoms with Crippen molar-refractivity contribution in [3.63, 3.8) is 0 Å². The molecule has 0 spiro atoms. The summed E-state index contributed by atoms with van der Waals surface area (Å²) in [6.45, 7) is 5.64. The average Bonchev–Trinajstić information content (AvgIpc) is 3.44. The van der Waals surface area contributed by atoms with Crippen LogP contribution in [-0.2, 0) is 53.7 Å². The lowest BCUT2D eigenvalue weighted by Crippen LogP contribution is -2.66. The number of carboxylic acids is 1. The van der Waals surface area contributed by atoms with E-state index in [9.17, 15) is 14.7 Å². The molecule has 3 aromatic carbocycles. The Hall–Kier alpha value is -3.86. The highest BCUT2D eigenvalue weighted by Crippen LogP contribution is 2.47. The second-order valence-electron chi connectivity index (χ2n) is 12.8. The number of para-hydroxylation sites is 1. The van der Waals surface area contributed by atoms with E-state index in [4.69, 9.17) is 0 Å². The minimum absolute atomic E-state index is 0.227. The largest absolute Gasteiger partial charge is 0.479 e. The summed E-state index contributed by atoms with van der Waals surface area (Å²) in [7, 11) is 0. The van der Waals surface area contributed by atoms with Crippen molar-refractivity contribution >= 4 is 22.8 Å². The first-order chi connectivity index (χ1) is 20.2. The second kappa shape index (κ2) is 11.1. The smallest absolute Gasteiger partial charge is 0.330 e. The van der Waals surface area contributed by atoms with Crippen molar-refractivity contribution in [3.8, 4) is 0 Å².